The largest absolute Gasteiger partial charge is 0.491 e. The molecule has 8 heteroatoms. The van der Waals surface area contributed by atoms with E-state index in [0.29, 0.717) is 18.7 Å². The molecule has 1 fully saturated rings. The van der Waals surface area contributed by atoms with Crippen LogP contribution in [-0.4, -0.2) is 69.3 Å². The minimum absolute atomic E-state index is 0.0428. The molecule has 0 aliphatic carbocycles. The molecule has 1 heterocycles. The zero-order valence-electron chi connectivity index (χ0n) is 17.4. The van der Waals surface area contributed by atoms with Gasteiger partial charge in [0.05, 0.1) is 11.5 Å². The summed E-state index contributed by atoms with van der Waals surface area (Å²) in [5, 5.41) is 10.5. The van der Waals surface area contributed by atoms with Crippen LogP contribution in [0.3, 0.4) is 0 Å². The average Bonchev–Trinajstić information content (AvgIpc) is 3.07. The number of benzene rings is 2. The second kappa shape index (κ2) is 9.76. The fourth-order valence-electron chi connectivity index (χ4n) is 3.59. The van der Waals surface area contributed by atoms with Crippen molar-refractivity contribution >= 4 is 15.5 Å². The summed E-state index contributed by atoms with van der Waals surface area (Å²) in [5.74, 6) is 0.408. The maximum atomic E-state index is 13.0. The summed E-state index contributed by atoms with van der Waals surface area (Å²) in [6, 6.07) is 13.6. The Labute approximate surface area is 177 Å². The molecule has 1 N–H and O–H groups in total. The van der Waals surface area contributed by atoms with Crippen LogP contribution >= 0.6 is 0 Å². The molecule has 0 bridgehead atoms. The minimum Gasteiger partial charge on any atom is -0.491 e. The van der Waals surface area contributed by atoms with Gasteiger partial charge in [0.25, 0.3) is 0 Å². The maximum Gasteiger partial charge on any atom is 0.151 e. The predicted octanol–water partition coefficient (Wildman–Crippen LogP) is 2.32. The quantitative estimate of drug-likeness (QED) is 0.651. The molecule has 2 aromatic carbocycles. The third kappa shape index (κ3) is 6.42. The van der Waals surface area contributed by atoms with Crippen molar-refractivity contribution in [3.63, 3.8) is 0 Å². The van der Waals surface area contributed by atoms with Crippen molar-refractivity contribution < 1.29 is 22.7 Å². The standard InChI is InChI=1S/C22H29FN2O4S/c1-24(2)19-7-3-17(4-8-19)13-25(20-11-12-30(27,28)16-20)14-21(26)15-29-22-9-5-18(23)6-10-22/h3-10,20-21,26H,11-16H2,1-2H3. The number of halogens is 1. The highest BCUT2D eigenvalue weighted by Gasteiger charge is 2.33. The van der Waals surface area contributed by atoms with Crippen LogP contribution in [0.5, 0.6) is 5.75 Å². The van der Waals surface area contributed by atoms with Crippen LogP contribution < -0.4 is 9.64 Å². The van der Waals surface area contributed by atoms with Gasteiger partial charge < -0.3 is 14.7 Å². The molecule has 0 radical (unpaired) electrons. The number of hydrogen-bond donors (Lipinski definition) is 1. The summed E-state index contributed by atoms with van der Waals surface area (Å²) in [6.45, 7) is 0.874. The van der Waals surface area contributed by atoms with E-state index < -0.39 is 15.9 Å². The van der Waals surface area contributed by atoms with Gasteiger partial charge in [0.1, 0.15) is 24.3 Å². The molecule has 1 aliphatic rings. The lowest BCUT2D eigenvalue weighted by molar-refractivity contribution is 0.0524. The normalized spacial score (nSPS) is 19.0. The Morgan fingerprint density at radius 1 is 1.13 bits per heavy atom. The van der Waals surface area contributed by atoms with E-state index in [1.54, 1.807) is 0 Å². The van der Waals surface area contributed by atoms with E-state index in [4.69, 9.17) is 4.74 Å². The van der Waals surface area contributed by atoms with Gasteiger partial charge in [0.2, 0.25) is 0 Å². The summed E-state index contributed by atoms with van der Waals surface area (Å²) < 4.78 is 42.5. The monoisotopic (exact) mass is 436 g/mol. The number of anilines is 1. The number of rotatable bonds is 9. The average molecular weight is 437 g/mol. The van der Waals surface area contributed by atoms with Crippen LogP contribution in [-0.2, 0) is 16.4 Å². The molecule has 1 aliphatic heterocycles. The Hall–Kier alpha value is -2.16. The first-order valence-corrected chi connectivity index (χ1v) is 11.8. The number of sulfone groups is 1. The molecule has 3 rings (SSSR count). The SMILES string of the molecule is CN(C)c1ccc(CN(CC(O)COc2ccc(F)cc2)C2CCS(=O)(=O)C2)cc1. The van der Waals surface area contributed by atoms with Crippen molar-refractivity contribution in [1.82, 2.24) is 4.90 Å². The second-order valence-corrected chi connectivity index (χ2v) is 10.2. The molecule has 0 aromatic heterocycles. The van der Waals surface area contributed by atoms with Crippen LogP contribution in [0, 0.1) is 5.82 Å². The molecular formula is C22H29FN2O4S. The number of nitrogens with zero attached hydrogens (tertiary/aromatic N) is 2. The van der Waals surface area contributed by atoms with E-state index in [-0.39, 0.29) is 36.5 Å². The molecule has 2 aromatic rings. The molecule has 30 heavy (non-hydrogen) atoms. The van der Waals surface area contributed by atoms with Gasteiger partial charge >= 0.3 is 0 Å². The van der Waals surface area contributed by atoms with Gasteiger partial charge in [0, 0.05) is 38.9 Å². The van der Waals surface area contributed by atoms with Crippen LogP contribution in [0.4, 0.5) is 10.1 Å². The number of aliphatic hydroxyl groups is 1. The second-order valence-electron chi connectivity index (χ2n) is 7.97. The third-order valence-electron chi connectivity index (χ3n) is 5.26. The summed E-state index contributed by atoms with van der Waals surface area (Å²) >= 11 is 0. The first-order chi connectivity index (χ1) is 14.2. The van der Waals surface area contributed by atoms with Gasteiger partial charge in [-0.05, 0) is 48.4 Å². The topological polar surface area (TPSA) is 70.1 Å². The Balaban J connectivity index is 1.65. The minimum atomic E-state index is -3.04. The van der Waals surface area contributed by atoms with E-state index in [1.165, 1.54) is 24.3 Å². The Bertz CT molecular complexity index is 917. The molecular weight excluding hydrogens is 407 g/mol. The maximum absolute atomic E-state index is 13.0. The van der Waals surface area contributed by atoms with Gasteiger partial charge in [-0.25, -0.2) is 12.8 Å². The summed E-state index contributed by atoms with van der Waals surface area (Å²) in [6.07, 6.45) is -0.247. The highest BCUT2D eigenvalue weighted by atomic mass is 32.2. The number of aliphatic hydroxyl groups excluding tert-OH is 1. The zero-order valence-corrected chi connectivity index (χ0v) is 18.2. The Kier molecular flexibility index (Phi) is 7.33. The Morgan fingerprint density at radius 2 is 1.80 bits per heavy atom. The molecule has 2 unspecified atom stereocenters. The van der Waals surface area contributed by atoms with E-state index >= 15 is 0 Å². The van der Waals surface area contributed by atoms with Crippen LogP contribution in [0.15, 0.2) is 48.5 Å². The molecule has 164 valence electrons. The summed E-state index contributed by atoms with van der Waals surface area (Å²) in [7, 11) is 0.906. The van der Waals surface area contributed by atoms with E-state index in [2.05, 4.69) is 0 Å². The van der Waals surface area contributed by atoms with Crippen LogP contribution in [0.2, 0.25) is 0 Å². The summed E-state index contributed by atoms with van der Waals surface area (Å²) in [4.78, 5) is 4.04. The van der Waals surface area contributed by atoms with Gasteiger partial charge in [0.15, 0.2) is 9.84 Å². The lowest BCUT2D eigenvalue weighted by Gasteiger charge is -2.30. The van der Waals surface area contributed by atoms with Gasteiger partial charge in [-0.2, -0.15) is 0 Å². The van der Waals surface area contributed by atoms with Crippen molar-refractivity contribution in [3.05, 3.63) is 59.9 Å². The highest BCUT2D eigenvalue weighted by molar-refractivity contribution is 7.91. The lowest BCUT2D eigenvalue weighted by atomic mass is 10.1. The van der Waals surface area contributed by atoms with Crippen LogP contribution in [0.25, 0.3) is 0 Å². The first kappa shape index (κ1) is 22.5. The van der Waals surface area contributed by atoms with Crippen molar-refractivity contribution in [1.29, 1.82) is 0 Å². The molecule has 6 nitrogen and oxygen atoms in total. The highest BCUT2D eigenvalue weighted by Crippen LogP contribution is 2.22. The van der Waals surface area contributed by atoms with Crippen molar-refractivity contribution in [2.24, 2.45) is 0 Å². The van der Waals surface area contributed by atoms with E-state index in [1.807, 2.05) is 48.2 Å². The van der Waals surface area contributed by atoms with Crippen molar-refractivity contribution in [3.8, 4) is 5.75 Å². The van der Waals surface area contributed by atoms with Gasteiger partial charge in [-0.15, -0.1) is 0 Å². The number of ether oxygens (including phenoxy) is 1. The molecule has 0 amide bonds. The zero-order chi connectivity index (χ0) is 21.7. The van der Waals surface area contributed by atoms with Gasteiger partial charge in [-0.1, -0.05) is 12.1 Å². The molecule has 0 saturated carbocycles. The lowest BCUT2D eigenvalue weighted by Crippen LogP contribution is -2.42. The Morgan fingerprint density at radius 3 is 2.37 bits per heavy atom. The third-order valence-corrected chi connectivity index (χ3v) is 7.01. The van der Waals surface area contributed by atoms with Crippen LogP contribution in [0.1, 0.15) is 12.0 Å². The fourth-order valence-corrected chi connectivity index (χ4v) is 5.35. The van der Waals surface area contributed by atoms with E-state index in [9.17, 15) is 17.9 Å². The molecule has 1 saturated heterocycles. The number of hydrogen-bond acceptors (Lipinski definition) is 6. The fraction of sp³-hybridized carbons (Fsp3) is 0.455. The smallest absolute Gasteiger partial charge is 0.151 e. The van der Waals surface area contributed by atoms with Crippen molar-refractivity contribution in [2.75, 3.05) is 43.7 Å². The summed E-state index contributed by atoms with van der Waals surface area (Å²) in [5.41, 5.74) is 2.14. The van der Waals surface area contributed by atoms with Crippen molar-refractivity contribution in [2.45, 2.75) is 25.1 Å². The van der Waals surface area contributed by atoms with E-state index in [0.717, 1.165) is 11.3 Å². The predicted molar refractivity (Wildman–Crippen MR) is 116 cm³/mol. The molecule has 2 atom stereocenters. The molecule has 0 spiro atoms. The van der Waals surface area contributed by atoms with Gasteiger partial charge in [-0.3, -0.25) is 4.90 Å². The first-order valence-electron chi connectivity index (χ1n) is 9.99.